The maximum absolute atomic E-state index is 11.1. The predicted molar refractivity (Wildman–Crippen MR) is 46.4 cm³/mol. The van der Waals surface area contributed by atoms with Crippen molar-refractivity contribution in [2.75, 3.05) is 0 Å². The second-order valence-corrected chi connectivity index (χ2v) is 2.44. The van der Waals surface area contributed by atoms with E-state index in [4.69, 9.17) is 0 Å². The van der Waals surface area contributed by atoms with Crippen molar-refractivity contribution in [3.63, 3.8) is 0 Å². The van der Waals surface area contributed by atoms with Crippen LogP contribution in [0, 0.1) is 0 Å². The monoisotopic (exact) mass is 191 g/mol. The van der Waals surface area contributed by atoms with Crippen molar-refractivity contribution in [2.45, 2.75) is 0 Å². The number of hydrogen-bond donors (Lipinski definition) is 0. The molecule has 0 saturated carbocycles. The van der Waals surface area contributed by atoms with E-state index in [0.29, 0.717) is 0 Å². The average molecular weight is 191 g/mol. The van der Waals surface area contributed by atoms with Crippen LogP contribution >= 0.6 is 0 Å². The third kappa shape index (κ3) is 2.20. The Morgan fingerprint density at radius 1 is 1.21 bits per heavy atom. The normalized spacial score (nSPS) is 9.14. The molecule has 0 N–H and O–H groups in total. The summed E-state index contributed by atoms with van der Waals surface area (Å²) in [4.78, 5) is 21.4. The lowest BCUT2D eigenvalue weighted by Crippen LogP contribution is -2.22. The Morgan fingerprint density at radius 3 is 2.14 bits per heavy atom. The molecule has 0 spiro atoms. The van der Waals surface area contributed by atoms with Crippen molar-refractivity contribution < 1.29 is 19.4 Å². The minimum absolute atomic E-state index is 0.0140. The van der Waals surface area contributed by atoms with E-state index in [1.54, 1.807) is 0 Å². The maximum Gasteiger partial charge on any atom is 0.342 e. The third-order valence-corrected chi connectivity index (χ3v) is 1.55. The predicted octanol–water partition coefficient (Wildman–Crippen LogP) is 0.350. The fraction of sp³-hybridized carbons (Fsp3) is 0. The molecule has 14 heavy (non-hydrogen) atoms. The van der Waals surface area contributed by atoms with Crippen LogP contribution < -0.4 is 5.11 Å². The van der Waals surface area contributed by atoms with Gasteiger partial charge in [0.05, 0.1) is 17.8 Å². The molecular weight excluding hydrogens is 184 g/mol. The lowest BCUT2D eigenvalue weighted by molar-refractivity contribution is -0.255. The molecule has 4 heteroatoms. The minimum Gasteiger partial charge on any atom is -0.545 e. The highest BCUT2D eigenvalue weighted by atomic mass is 16.5. The molecule has 0 atom stereocenters. The first-order valence-electron chi connectivity index (χ1n) is 3.78. The summed E-state index contributed by atoms with van der Waals surface area (Å²) >= 11 is 0. The van der Waals surface area contributed by atoms with Crippen molar-refractivity contribution in [3.05, 3.63) is 48.2 Å². The van der Waals surface area contributed by atoms with E-state index in [0.717, 1.165) is 6.26 Å². The van der Waals surface area contributed by atoms with Gasteiger partial charge in [0.25, 0.3) is 0 Å². The fourth-order valence-corrected chi connectivity index (χ4v) is 0.886. The summed E-state index contributed by atoms with van der Waals surface area (Å²) in [6.45, 7) is 3.22. The lowest BCUT2D eigenvalue weighted by Gasteiger charge is -2.02. The minimum atomic E-state index is -1.28. The van der Waals surface area contributed by atoms with Gasteiger partial charge in [0.1, 0.15) is 0 Å². The van der Waals surface area contributed by atoms with Gasteiger partial charge in [-0.25, -0.2) is 4.79 Å². The molecule has 0 aliphatic heterocycles. The van der Waals surface area contributed by atoms with Gasteiger partial charge in [0.15, 0.2) is 0 Å². The van der Waals surface area contributed by atoms with E-state index >= 15 is 0 Å². The number of carbonyl (C=O) groups excluding carboxylic acids is 2. The first-order valence-corrected chi connectivity index (χ1v) is 3.78. The van der Waals surface area contributed by atoms with Crippen LogP contribution in [0.15, 0.2) is 37.1 Å². The Morgan fingerprint density at radius 2 is 1.71 bits per heavy atom. The van der Waals surface area contributed by atoms with E-state index in [-0.39, 0.29) is 11.1 Å². The zero-order chi connectivity index (χ0) is 10.6. The summed E-state index contributed by atoms with van der Waals surface area (Å²) < 4.78 is 4.49. The largest absolute Gasteiger partial charge is 0.545 e. The summed E-state index contributed by atoms with van der Waals surface area (Å²) in [6.07, 6.45) is 1.01. The second-order valence-electron chi connectivity index (χ2n) is 2.44. The Labute approximate surface area is 80.4 Å². The molecule has 1 rings (SSSR count). The van der Waals surface area contributed by atoms with Crippen molar-refractivity contribution in [3.8, 4) is 0 Å². The van der Waals surface area contributed by atoms with Crippen LogP contribution in [-0.4, -0.2) is 11.9 Å². The number of hydrogen-bond acceptors (Lipinski definition) is 4. The molecule has 1 aromatic rings. The summed E-state index contributed by atoms with van der Waals surface area (Å²) in [5, 5.41) is 10.4. The van der Waals surface area contributed by atoms with Crippen molar-refractivity contribution in [2.24, 2.45) is 0 Å². The number of carbonyl (C=O) groups is 2. The molecule has 0 saturated heterocycles. The second kappa shape index (κ2) is 4.23. The fourth-order valence-electron chi connectivity index (χ4n) is 0.886. The average Bonchev–Trinajstić information content (AvgIpc) is 2.18. The highest BCUT2D eigenvalue weighted by molar-refractivity contribution is 5.92. The molecule has 0 aliphatic rings. The molecule has 0 fully saturated rings. The van der Waals surface area contributed by atoms with Crippen molar-refractivity contribution >= 4 is 11.9 Å². The molecule has 0 radical (unpaired) electrons. The van der Waals surface area contributed by atoms with Gasteiger partial charge in [-0.15, -0.1) is 0 Å². The maximum atomic E-state index is 11.1. The van der Waals surface area contributed by atoms with Gasteiger partial charge in [0.2, 0.25) is 0 Å². The molecular formula is C10H7O4-. The molecule has 0 aliphatic carbocycles. The van der Waals surface area contributed by atoms with Crippen LogP contribution in [0.5, 0.6) is 0 Å². The Hall–Kier alpha value is -2.10. The zero-order valence-electron chi connectivity index (χ0n) is 7.23. The zero-order valence-corrected chi connectivity index (χ0v) is 7.23. The number of carboxylic acid groups (broad SMARTS) is 1. The molecule has 0 heterocycles. The van der Waals surface area contributed by atoms with Crippen molar-refractivity contribution in [1.82, 2.24) is 0 Å². The van der Waals surface area contributed by atoms with Gasteiger partial charge in [0, 0.05) is 0 Å². The molecule has 0 amide bonds. The number of benzene rings is 1. The van der Waals surface area contributed by atoms with Gasteiger partial charge in [-0.05, 0) is 17.7 Å². The molecule has 0 bridgehead atoms. The Bertz CT molecular complexity index is 364. The molecule has 1 aromatic carbocycles. The standard InChI is InChI=1S/C10H8O4/c1-2-14-10(13)8-5-3-7(4-6-8)9(11)12/h2-6H,1H2,(H,11,12)/p-1. The topological polar surface area (TPSA) is 66.4 Å². The van der Waals surface area contributed by atoms with Gasteiger partial charge in [-0.2, -0.15) is 0 Å². The smallest absolute Gasteiger partial charge is 0.342 e. The number of carboxylic acids is 1. The van der Waals surface area contributed by atoms with Gasteiger partial charge < -0.3 is 14.6 Å². The summed E-state index contributed by atoms with van der Waals surface area (Å²) in [6, 6.07) is 5.23. The summed E-state index contributed by atoms with van der Waals surface area (Å²) in [7, 11) is 0. The Balaban J connectivity index is 2.88. The third-order valence-electron chi connectivity index (χ3n) is 1.55. The first kappa shape index (κ1) is 9.98. The van der Waals surface area contributed by atoms with E-state index in [9.17, 15) is 14.7 Å². The quantitative estimate of drug-likeness (QED) is 0.510. The molecule has 72 valence electrons. The highest BCUT2D eigenvalue weighted by Gasteiger charge is 2.04. The number of aromatic carboxylic acids is 1. The van der Waals surface area contributed by atoms with Crippen LogP contribution in [-0.2, 0) is 4.74 Å². The molecule has 0 unspecified atom stereocenters. The van der Waals surface area contributed by atoms with Crippen LogP contribution in [0.1, 0.15) is 20.7 Å². The van der Waals surface area contributed by atoms with E-state index in [1.807, 2.05) is 0 Å². The highest BCUT2D eigenvalue weighted by Crippen LogP contribution is 2.05. The van der Waals surface area contributed by atoms with Crippen molar-refractivity contribution in [1.29, 1.82) is 0 Å². The lowest BCUT2D eigenvalue weighted by atomic mass is 10.1. The molecule has 4 nitrogen and oxygen atoms in total. The van der Waals surface area contributed by atoms with Gasteiger partial charge in [-0.1, -0.05) is 18.7 Å². The van der Waals surface area contributed by atoms with Crippen LogP contribution in [0.3, 0.4) is 0 Å². The number of esters is 1. The summed E-state index contributed by atoms with van der Waals surface area (Å²) in [5.41, 5.74) is 0.273. The SMILES string of the molecule is C=COC(=O)c1ccc(C(=O)[O-])cc1. The van der Waals surface area contributed by atoms with E-state index in [2.05, 4.69) is 11.3 Å². The van der Waals surface area contributed by atoms with Gasteiger partial charge in [-0.3, -0.25) is 0 Å². The Kier molecular flexibility index (Phi) is 3.01. The number of ether oxygens (including phenoxy) is 1. The van der Waals surface area contributed by atoms with Crippen LogP contribution in [0.25, 0.3) is 0 Å². The van der Waals surface area contributed by atoms with E-state index in [1.165, 1.54) is 24.3 Å². The molecule has 0 aromatic heterocycles. The van der Waals surface area contributed by atoms with E-state index < -0.39 is 11.9 Å². The number of rotatable bonds is 3. The first-order chi connectivity index (χ1) is 6.65. The van der Waals surface area contributed by atoms with Crippen LogP contribution in [0.4, 0.5) is 0 Å². The summed E-state index contributed by atoms with van der Waals surface area (Å²) in [5.74, 6) is -1.86. The van der Waals surface area contributed by atoms with Gasteiger partial charge >= 0.3 is 5.97 Å². The van der Waals surface area contributed by atoms with Crippen LogP contribution in [0.2, 0.25) is 0 Å².